The van der Waals surface area contributed by atoms with Crippen molar-refractivity contribution in [3.8, 4) is 11.1 Å². The largest absolute Gasteiger partial charge is 0.347 e. The Morgan fingerprint density at radius 1 is 0.885 bits per heavy atom. The standard InChI is InChI=1S/C20H21N5O/c26-20(24-13-5-2-6-14-24)25-19(21-22-23-25)15-16-9-11-18(12-10-16)17-7-3-1-4-8-17/h1,3-4,7-12H,2,5-6,13-15H2. The number of piperidine rings is 1. The van der Waals surface area contributed by atoms with Gasteiger partial charge in [-0.3, -0.25) is 0 Å². The molecule has 6 nitrogen and oxygen atoms in total. The van der Waals surface area contributed by atoms with E-state index in [0.29, 0.717) is 12.2 Å². The number of benzene rings is 2. The highest BCUT2D eigenvalue weighted by Crippen LogP contribution is 2.20. The first-order valence-corrected chi connectivity index (χ1v) is 9.02. The molecule has 1 aliphatic rings. The lowest BCUT2D eigenvalue weighted by Crippen LogP contribution is -2.39. The molecule has 26 heavy (non-hydrogen) atoms. The topological polar surface area (TPSA) is 63.9 Å². The molecule has 0 unspecified atom stereocenters. The van der Waals surface area contributed by atoms with E-state index < -0.39 is 0 Å². The van der Waals surface area contributed by atoms with Crippen LogP contribution >= 0.6 is 0 Å². The molecule has 0 spiro atoms. The molecule has 4 rings (SSSR count). The lowest BCUT2D eigenvalue weighted by atomic mass is 10.0. The maximum absolute atomic E-state index is 12.7. The van der Waals surface area contributed by atoms with E-state index in [0.717, 1.165) is 31.5 Å². The molecule has 1 amide bonds. The predicted octanol–water partition coefficient (Wildman–Crippen LogP) is 3.38. The summed E-state index contributed by atoms with van der Waals surface area (Å²) in [5.41, 5.74) is 3.43. The number of nitrogens with zero attached hydrogens (tertiary/aromatic N) is 5. The summed E-state index contributed by atoms with van der Waals surface area (Å²) in [4.78, 5) is 14.5. The van der Waals surface area contributed by atoms with Crippen LogP contribution in [0, 0.1) is 0 Å². The summed E-state index contributed by atoms with van der Waals surface area (Å²) in [6.45, 7) is 1.56. The third-order valence-corrected chi connectivity index (χ3v) is 4.77. The Hall–Kier alpha value is -3.02. The molecule has 1 saturated heterocycles. The molecule has 1 aromatic heterocycles. The third-order valence-electron chi connectivity index (χ3n) is 4.77. The van der Waals surface area contributed by atoms with Gasteiger partial charge >= 0.3 is 6.03 Å². The van der Waals surface area contributed by atoms with Gasteiger partial charge in [-0.25, -0.2) is 4.79 Å². The molecular weight excluding hydrogens is 326 g/mol. The molecule has 0 bridgehead atoms. The van der Waals surface area contributed by atoms with Crippen molar-refractivity contribution in [1.29, 1.82) is 0 Å². The van der Waals surface area contributed by atoms with E-state index in [2.05, 4.69) is 51.9 Å². The normalized spacial score (nSPS) is 14.4. The highest BCUT2D eigenvalue weighted by molar-refractivity contribution is 5.76. The molecule has 2 heterocycles. The van der Waals surface area contributed by atoms with Crippen molar-refractivity contribution in [2.24, 2.45) is 0 Å². The summed E-state index contributed by atoms with van der Waals surface area (Å²) in [7, 11) is 0. The zero-order valence-electron chi connectivity index (χ0n) is 14.6. The molecule has 3 aromatic rings. The van der Waals surface area contributed by atoms with Crippen molar-refractivity contribution in [1.82, 2.24) is 25.1 Å². The van der Waals surface area contributed by atoms with Crippen molar-refractivity contribution in [3.05, 3.63) is 66.0 Å². The van der Waals surface area contributed by atoms with E-state index in [9.17, 15) is 4.79 Å². The van der Waals surface area contributed by atoms with Gasteiger partial charge in [0.2, 0.25) is 0 Å². The molecule has 0 atom stereocenters. The molecule has 0 N–H and O–H groups in total. The van der Waals surface area contributed by atoms with Crippen LogP contribution in [0.3, 0.4) is 0 Å². The number of rotatable bonds is 3. The lowest BCUT2D eigenvalue weighted by molar-refractivity contribution is 0.183. The van der Waals surface area contributed by atoms with Crippen LogP contribution in [-0.4, -0.2) is 44.2 Å². The first-order chi connectivity index (χ1) is 12.8. The van der Waals surface area contributed by atoms with E-state index >= 15 is 0 Å². The predicted molar refractivity (Wildman–Crippen MR) is 98.7 cm³/mol. The number of hydrogen-bond donors (Lipinski definition) is 0. The van der Waals surface area contributed by atoms with E-state index in [1.54, 1.807) is 0 Å². The molecular formula is C20H21N5O. The zero-order chi connectivity index (χ0) is 17.8. The van der Waals surface area contributed by atoms with Gasteiger partial charge in [0.25, 0.3) is 0 Å². The van der Waals surface area contributed by atoms with Crippen LogP contribution in [0.2, 0.25) is 0 Å². The van der Waals surface area contributed by atoms with Crippen molar-refractivity contribution < 1.29 is 4.79 Å². The second kappa shape index (κ2) is 7.47. The van der Waals surface area contributed by atoms with Gasteiger partial charge in [-0.05, 0) is 46.4 Å². The molecule has 1 aliphatic heterocycles. The van der Waals surface area contributed by atoms with E-state index in [1.165, 1.54) is 22.2 Å². The van der Waals surface area contributed by atoms with Gasteiger partial charge in [-0.1, -0.05) is 54.6 Å². The summed E-state index contributed by atoms with van der Waals surface area (Å²) in [6.07, 6.45) is 3.80. The first kappa shape index (κ1) is 16.4. The second-order valence-corrected chi connectivity index (χ2v) is 6.58. The summed E-state index contributed by atoms with van der Waals surface area (Å²) < 4.78 is 1.34. The number of carbonyl (C=O) groups is 1. The minimum absolute atomic E-state index is 0.120. The number of carbonyl (C=O) groups excluding carboxylic acids is 1. The molecule has 1 fully saturated rings. The second-order valence-electron chi connectivity index (χ2n) is 6.58. The highest BCUT2D eigenvalue weighted by atomic mass is 16.2. The molecule has 132 valence electrons. The zero-order valence-corrected chi connectivity index (χ0v) is 14.6. The Labute approximate surface area is 152 Å². The Kier molecular flexibility index (Phi) is 4.73. The van der Waals surface area contributed by atoms with Gasteiger partial charge in [-0.2, -0.15) is 0 Å². The fourth-order valence-corrected chi connectivity index (χ4v) is 3.31. The van der Waals surface area contributed by atoms with Crippen LogP contribution in [0.15, 0.2) is 54.6 Å². The maximum atomic E-state index is 12.7. The molecule has 6 heteroatoms. The Morgan fingerprint density at radius 2 is 1.58 bits per heavy atom. The van der Waals surface area contributed by atoms with E-state index in [-0.39, 0.29) is 6.03 Å². The molecule has 2 aromatic carbocycles. The van der Waals surface area contributed by atoms with Crippen LogP contribution in [0.1, 0.15) is 30.7 Å². The van der Waals surface area contributed by atoms with Crippen LogP contribution in [0.5, 0.6) is 0 Å². The molecule has 0 radical (unpaired) electrons. The van der Waals surface area contributed by atoms with Gasteiger partial charge in [0.15, 0.2) is 5.82 Å². The minimum Gasteiger partial charge on any atom is -0.323 e. The Morgan fingerprint density at radius 3 is 2.31 bits per heavy atom. The summed E-state index contributed by atoms with van der Waals surface area (Å²) >= 11 is 0. The summed E-state index contributed by atoms with van der Waals surface area (Å²) in [6, 6.07) is 18.4. The third kappa shape index (κ3) is 3.49. The smallest absolute Gasteiger partial charge is 0.323 e. The van der Waals surface area contributed by atoms with Crippen LogP contribution in [0.25, 0.3) is 11.1 Å². The SMILES string of the molecule is O=C(N1CCCCC1)n1nnnc1Cc1ccc(-c2ccccc2)cc1. The summed E-state index contributed by atoms with van der Waals surface area (Å²) in [5.74, 6) is 0.577. The van der Waals surface area contributed by atoms with Crippen LogP contribution < -0.4 is 0 Å². The van der Waals surface area contributed by atoms with Gasteiger partial charge in [-0.15, -0.1) is 9.78 Å². The Bertz CT molecular complexity index is 867. The van der Waals surface area contributed by atoms with Crippen molar-refractivity contribution in [3.63, 3.8) is 0 Å². The van der Waals surface area contributed by atoms with E-state index in [1.807, 2.05) is 23.1 Å². The number of likely N-dealkylation sites (tertiary alicyclic amines) is 1. The van der Waals surface area contributed by atoms with Gasteiger partial charge in [0, 0.05) is 19.5 Å². The lowest BCUT2D eigenvalue weighted by Gasteiger charge is -2.26. The van der Waals surface area contributed by atoms with Gasteiger partial charge in [0.1, 0.15) is 0 Å². The van der Waals surface area contributed by atoms with Crippen LogP contribution in [-0.2, 0) is 6.42 Å². The summed E-state index contributed by atoms with van der Waals surface area (Å²) in [5, 5.41) is 11.7. The van der Waals surface area contributed by atoms with Crippen molar-refractivity contribution in [2.45, 2.75) is 25.7 Å². The number of tetrazole rings is 1. The first-order valence-electron chi connectivity index (χ1n) is 9.02. The fourth-order valence-electron chi connectivity index (χ4n) is 3.31. The average Bonchev–Trinajstić information content (AvgIpc) is 3.17. The maximum Gasteiger partial charge on any atom is 0.347 e. The van der Waals surface area contributed by atoms with Crippen molar-refractivity contribution >= 4 is 6.03 Å². The quantitative estimate of drug-likeness (QED) is 0.681. The van der Waals surface area contributed by atoms with Gasteiger partial charge < -0.3 is 4.90 Å². The number of hydrogen-bond acceptors (Lipinski definition) is 4. The Balaban J connectivity index is 1.50. The number of aromatic nitrogens is 4. The fraction of sp³-hybridized carbons (Fsp3) is 0.300. The average molecular weight is 347 g/mol. The molecule has 0 aliphatic carbocycles. The number of amides is 1. The molecule has 0 saturated carbocycles. The monoisotopic (exact) mass is 347 g/mol. The van der Waals surface area contributed by atoms with Gasteiger partial charge in [0.05, 0.1) is 0 Å². The van der Waals surface area contributed by atoms with E-state index in [4.69, 9.17) is 0 Å². The minimum atomic E-state index is -0.120. The van der Waals surface area contributed by atoms with Crippen LogP contribution in [0.4, 0.5) is 4.79 Å². The highest BCUT2D eigenvalue weighted by Gasteiger charge is 2.22. The van der Waals surface area contributed by atoms with Crippen molar-refractivity contribution in [2.75, 3.05) is 13.1 Å².